The molecule has 2 N–H and O–H groups in total. The summed E-state index contributed by atoms with van der Waals surface area (Å²) in [5.41, 5.74) is 4.93. The maximum absolute atomic E-state index is 12.4. The van der Waals surface area contributed by atoms with Gasteiger partial charge in [-0.1, -0.05) is 30.3 Å². The maximum Gasteiger partial charge on any atom is 0.279 e. The molecule has 0 radical (unpaired) electrons. The number of benzene rings is 2. The number of rotatable bonds is 4. The number of nitrogens with zero attached hydrogens (tertiary/aromatic N) is 2. The van der Waals surface area contributed by atoms with E-state index < -0.39 is 27.9 Å². The van der Waals surface area contributed by atoms with Gasteiger partial charge in [-0.15, -0.1) is 4.40 Å². The summed E-state index contributed by atoms with van der Waals surface area (Å²) < 4.78 is 32.4. The summed E-state index contributed by atoms with van der Waals surface area (Å²) in [6, 6.07) is 13.3. The lowest BCUT2D eigenvalue weighted by Crippen LogP contribution is -2.48. The Bertz CT molecular complexity index is 1250. The summed E-state index contributed by atoms with van der Waals surface area (Å²) in [6.45, 7) is 1.78. The van der Waals surface area contributed by atoms with E-state index in [1.54, 1.807) is 17.9 Å². The van der Waals surface area contributed by atoms with Crippen molar-refractivity contribution in [1.82, 2.24) is 15.8 Å². The van der Waals surface area contributed by atoms with Crippen LogP contribution < -0.4 is 15.6 Å². The number of hydrazine groups is 1. The number of nitrogens with one attached hydrogen (secondary N) is 2. The van der Waals surface area contributed by atoms with Crippen LogP contribution in [0.25, 0.3) is 10.8 Å². The second kappa shape index (κ2) is 8.23. The summed E-state index contributed by atoms with van der Waals surface area (Å²) in [7, 11) is -3.47. The molecule has 1 atom stereocenters. The first-order chi connectivity index (χ1) is 14.8. The second-order valence-corrected chi connectivity index (χ2v) is 8.81. The molecule has 0 fully saturated rings. The van der Waals surface area contributed by atoms with Crippen LogP contribution in [0.3, 0.4) is 0 Å². The molecule has 9 nitrogen and oxygen atoms in total. The van der Waals surface area contributed by atoms with Crippen molar-refractivity contribution in [3.63, 3.8) is 0 Å². The zero-order chi connectivity index (χ0) is 22.0. The first-order valence-corrected chi connectivity index (χ1v) is 11.2. The van der Waals surface area contributed by atoms with Crippen molar-refractivity contribution in [3.8, 4) is 5.75 Å². The summed E-state index contributed by atoms with van der Waals surface area (Å²) in [5, 5.41) is 2.05. The van der Waals surface area contributed by atoms with Gasteiger partial charge in [0, 0.05) is 12.7 Å². The Hall–Kier alpha value is -3.66. The quantitative estimate of drug-likeness (QED) is 0.691. The molecule has 10 heteroatoms. The third-order valence-corrected chi connectivity index (χ3v) is 5.95. The molecule has 2 aliphatic rings. The van der Waals surface area contributed by atoms with Gasteiger partial charge < -0.3 is 9.64 Å². The fraction of sp³-hybridized carbons (Fsp3) is 0.190. The number of amides is 2. The van der Waals surface area contributed by atoms with E-state index in [9.17, 15) is 18.0 Å². The van der Waals surface area contributed by atoms with Gasteiger partial charge in [0.25, 0.3) is 21.8 Å². The van der Waals surface area contributed by atoms with Crippen LogP contribution in [0.15, 0.2) is 70.8 Å². The van der Waals surface area contributed by atoms with E-state index in [0.29, 0.717) is 5.75 Å². The number of fused-ring (bicyclic) bond motifs is 2. The Morgan fingerprint density at radius 2 is 1.87 bits per heavy atom. The second-order valence-electron chi connectivity index (χ2n) is 7.06. The number of carbonyl (C=O) groups is 2. The molecule has 4 rings (SSSR count). The number of carbonyl (C=O) groups excluding carboxylic acids is 2. The van der Waals surface area contributed by atoms with Gasteiger partial charge in [-0.05, 0) is 42.0 Å². The van der Waals surface area contributed by atoms with Crippen LogP contribution in [0.4, 0.5) is 0 Å². The van der Waals surface area contributed by atoms with Crippen molar-refractivity contribution in [2.75, 3.05) is 12.3 Å². The van der Waals surface area contributed by atoms with Gasteiger partial charge in [0.15, 0.2) is 6.10 Å². The van der Waals surface area contributed by atoms with Crippen LogP contribution in [0.2, 0.25) is 0 Å². The predicted octanol–water partition coefficient (Wildman–Crippen LogP) is 1.25. The van der Waals surface area contributed by atoms with Gasteiger partial charge in [0.2, 0.25) is 0 Å². The van der Waals surface area contributed by atoms with Crippen LogP contribution >= 0.6 is 0 Å². The molecule has 0 bridgehead atoms. The lowest BCUT2D eigenvalue weighted by molar-refractivity contribution is -0.131. The third-order valence-electron chi connectivity index (χ3n) is 4.79. The van der Waals surface area contributed by atoms with Gasteiger partial charge in [0.05, 0.1) is 11.3 Å². The van der Waals surface area contributed by atoms with Crippen molar-refractivity contribution in [2.24, 2.45) is 4.40 Å². The summed E-state index contributed by atoms with van der Waals surface area (Å²) >= 11 is 0. The van der Waals surface area contributed by atoms with Crippen molar-refractivity contribution in [1.29, 1.82) is 0 Å². The van der Waals surface area contributed by atoms with Crippen LogP contribution in [0.5, 0.6) is 5.75 Å². The Balaban J connectivity index is 1.33. The Morgan fingerprint density at radius 1 is 1.10 bits per heavy atom. The average Bonchev–Trinajstić information content (AvgIpc) is 2.76. The van der Waals surface area contributed by atoms with E-state index in [1.807, 2.05) is 36.4 Å². The van der Waals surface area contributed by atoms with Gasteiger partial charge in [-0.3, -0.25) is 20.4 Å². The molecule has 2 heterocycles. The van der Waals surface area contributed by atoms with Gasteiger partial charge >= 0.3 is 0 Å². The number of hydrogen-bond acceptors (Lipinski definition) is 6. The summed E-state index contributed by atoms with van der Waals surface area (Å²) in [4.78, 5) is 26.2. The highest BCUT2D eigenvalue weighted by Crippen LogP contribution is 2.21. The van der Waals surface area contributed by atoms with E-state index >= 15 is 0 Å². The van der Waals surface area contributed by atoms with Gasteiger partial charge in [-0.25, -0.2) is 8.42 Å². The molecule has 0 aromatic heterocycles. The third kappa shape index (κ3) is 4.75. The van der Waals surface area contributed by atoms with Gasteiger partial charge in [0.1, 0.15) is 11.6 Å². The van der Waals surface area contributed by atoms with Crippen LogP contribution in [0.1, 0.15) is 6.92 Å². The Kier molecular flexibility index (Phi) is 5.47. The van der Waals surface area contributed by atoms with Crippen LogP contribution in [-0.2, 0) is 19.6 Å². The fourth-order valence-electron chi connectivity index (χ4n) is 3.13. The molecule has 2 aromatic rings. The summed E-state index contributed by atoms with van der Waals surface area (Å²) in [5.74, 6) is -0.402. The molecule has 2 aliphatic heterocycles. The first-order valence-electron chi connectivity index (χ1n) is 9.56. The normalized spacial score (nSPS) is 17.8. The highest BCUT2D eigenvalue weighted by Gasteiger charge is 2.25. The smallest absolute Gasteiger partial charge is 0.279 e. The van der Waals surface area contributed by atoms with E-state index in [1.165, 1.54) is 18.4 Å². The maximum atomic E-state index is 12.4. The van der Waals surface area contributed by atoms with Crippen molar-refractivity contribution >= 4 is 38.4 Å². The number of amidine groups is 1. The zero-order valence-electron chi connectivity index (χ0n) is 16.6. The minimum absolute atomic E-state index is 0.129. The standard InChI is InChI=1S/C21H20N4O5S/c1-14(30-18-8-6-15-4-2-3-5-16(15)12-18)20(26)22-23-21(27)17-7-9-19-24-31(28,29)11-10-25(19)13-17/h2-9,12-14H,10-11H2,1H3,(H,22,26)(H,23,27)/t14-/m1/s1. The highest BCUT2D eigenvalue weighted by atomic mass is 32.2. The Morgan fingerprint density at radius 3 is 2.68 bits per heavy atom. The summed E-state index contributed by atoms with van der Waals surface area (Å²) in [6.07, 6.45) is 3.53. The van der Waals surface area contributed by atoms with Crippen molar-refractivity contribution < 1.29 is 22.7 Å². The fourth-order valence-corrected chi connectivity index (χ4v) is 4.10. The monoisotopic (exact) mass is 440 g/mol. The predicted molar refractivity (Wildman–Crippen MR) is 115 cm³/mol. The molecule has 0 aliphatic carbocycles. The number of hydrogen-bond donors (Lipinski definition) is 2. The SMILES string of the molecule is C[C@@H](Oc1ccc2ccccc2c1)C(=O)NNC(=O)C1=CN2CCS(=O)(=O)N=C2C=C1. The largest absolute Gasteiger partial charge is 0.481 e. The van der Waals surface area contributed by atoms with Crippen LogP contribution in [-0.4, -0.2) is 49.4 Å². The van der Waals surface area contributed by atoms with Gasteiger partial charge in [-0.2, -0.15) is 0 Å². The molecule has 0 saturated carbocycles. The molecular weight excluding hydrogens is 420 g/mol. The van der Waals surface area contributed by atoms with Crippen molar-refractivity contribution in [3.05, 3.63) is 66.4 Å². The minimum Gasteiger partial charge on any atom is -0.481 e. The molecule has 2 amide bonds. The van der Waals surface area contributed by atoms with E-state index in [-0.39, 0.29) is 23.7 Å². The van der Waals surface area contributed by atoms with E-state index in [4.69, 9.17) is 4.74 Å². The average molecular weight is 440 g/mol. The lowest BCUT2D eigenvalue weighted by atomic mass is 10.1. The molecule has 0 saturated heterocycles. The lowest BCUT2D eigenvalue weighted by Gasteiger charge is -2.27. The topological polar surface area (TPSA) is 117 Å². The highest BCUT2D eigenvalue weighted by molar-refractivity contribution is 7.90. The van der Waals surface area contributed by atoms with Crippen molar-refractivity contribution in [2.45, 2.75) is 13.0 Å². The Labute approximate surface area is 179 Å². The molecule has 0 spiro atoms. The van der Waals surface area contributed by atoms with E-state index in [2.05, 4.69) is 15.2 Å². The first kappa shape index (κ1) is 20.6. The van der Waals surface area contributed by atoms with E-state index in [0.717, 1.165) is 10.8 Å². The number of sulfonamides is 1. The molecule has 160 valence electrons. The minimum atomic E-state index is -3.47. The molecule has 2 aromatic carbocycles. The molecule has 31 heavy (non-hydrogen) atoms. The molecular formula is C21H20N4O5S. The number of ether oxygens (including phenoxy) is 1. The molecule has 0 unspecified atom stereocenters. The van der Waals surface area contributed by atoms with Crippen LogP contribution in [0, 0.1) is 0 Å². The zero-order valence-corrected chi connectivity index (χ0v) is 17.4.